The van der Waals surface area contributed by atoms with Gasteiger partial charge in [-0.3, -0.25) is 29.8 Å². The maximum atomic E-state index is 12.9. The van der Waals surface area contributed by atoms with Crippen LogP contribution in [0.1, 0.15) is 59.9 Å². The Morgan fingerprint density at radius 2 is 1.95 bits per heavy atom. The van der Waals surface area contributed by atoms with Gasteiger partial charge in [0.05, 0.1) is 6.61 Å². The summed E-state index contributed by atoms with van der Waals surface area (Å²) < 4.78 is 11.8. The number of rotatable bonds is 8. The number of aromatic nitrogens is 2. The van der Waals surface area contributed by atoms with Gasteiger partial charge in [0.15, 0.2) is 8.32 Å². The molecule has 2 N–H and O–H groups in total. The molecule has 2 aromatic rings. The zero-order valence-corrected chi connectivity index (χ0v) is 23.3. The van der Waals surface area contributed by atoms with E-state index in [0.717, 1.165) is 0 Å². The van der Waals surface area contributed by atoms with Gasteiger partial charge in [0.1, 0.15) is 12.6 Å². The number of hydrogen-bond acceptors (Lipinski definition) is 8. The summed E-state index contributed by atoms with van der Waals surface area (Å²) in [7, 11) is -1.87. The quantitative estimate of drug-likeness (QED) is 0.297. The molecule has 11 nitrogen and oxygen atoms in total. The Morgan fingerprint density at radius 1 is 1.18 bits per heavy atom. The first-order valence-corrected chi connectivity index (χ1v) is 15.5. The van der Waals surface area contributed by atoms with E-state index in [4.69, 9.17) is 9.16 Å². The van der Waals surface area contributed by atoms with Gasteiger partial charge in [0.25, 0.3) is 11.8 Å². The zero-order chi connectivity index (χ0) is 27.7. The molecule has 12 heteroatoms. The van der Waals surface area contributed by atoms with Crippen LogP contribution in [0.25, 0.3) is 0 Å². The van der Waals surface area contributed by atoms with Crippen LogP contribution < -0.4 is 15.4 Å². The number of nitrogens with zero attached hydrogens (tertiary/aromatic N) is 3. The Balaban J connectivity index is 1.35. The highest BCUT2D eigenvalue weighted by atomic mass is 28.4. The molecule has 0 aliphatic carbocycles. The predicted octanol–water partition coefficient (Wildman–Crippen LogP) is 2.89. The van der Waals surface area contributed by atoms with Gasteiger partial charge >= 0.3 is 0 Å². The Morgan fingerprint density at radius 3 is 2.66 bits per heavy atom. The summed E-state index contributed by atoms with van der Waals surface area (Å²) in [5.74, 6) is -1.17. The molecule has 0 bridgehead atoms. The molecule has 2 aliphatic rings. The van der Waals surface area contributed by atoms with Gasteiger partial charge in [-0.25, -0.2) is 4.98 Å². The number of carbonyl (C=O) groups excluding carboxylic acids is 4. The Kier molecular flexibility index (Phi) is 7.65. The minimum Gasteiger partial charge on any atom is -0.475 e. The van der Waals surface area contributed by atoms with E-state index in [1.807, 2.05) is 0 Å². The lowest BCUT2D eigenvalue weighted by Crippen LogP contribution is -2.52. The molecule has 0 spiro atoms. The van der Waals surface area contributed by atoms with Crippen LogP contribution in [0.5, 0.6) is 5.88 Å². The lowest BCUT2D eigenvalue weighted by molar-refractivity contribution is -0.136. The van der Waals surface area contributed by atoms with Crippen molar-refractivity contribution in [1.82, 2.24) is 20.2 Å². The molecule has 2 aliphatic heterocycles. The number of hydrogen-bond donors (Lipinski definition) is 2. The zero-order valence-electron chi connectivity index (χ0n) is 22.3. The van der Waals surface area contributed by atoms with Crippen molar-refractivity contribution in [1.29, 1.82) is 0 Å². The first kappa shape index (κ1) is 27.4. The second-order valence-corrected chi connectivity index (χ2v) is 15.7. The number of piperidine rings is 1. The summed E-state index contributed by atoms with van der Waals surface area (Å²) in [5, 5.41) is 5.04. The van der Waals surface area contributed by atoms with Gasteiger partial charge in [-0.1, -0.05) is 20.8 Å². The fourth-order valence-corrected chi connectivity index (χ4v) is 5.06. The highest BCUT2D eigenvalue weighted by Gasteiger charge is 2.39. The maximum absolute atomic E-state index is 12.9. The van der Waals surface area contributed by atoms with E-state index < -0.39 is 26.2 Å². The molecular weight excluding hydrogens is 506 g/mol. The van der Waals surface area contributed by atoms with Crippen LogP contribution in [0.3, 0.4) is 0 Å². The Bertz CT molecular complexity index is 1280. The van der Waals surface area contributed by atoms with Crippen LogP contribution in [0.15, 0.2) is 30.5 Å². The molecule has 1 fully saturated rings. The molecule has 1 atom stereocenters. The highest BCUT2D eigenvalue weighted by Crippen LogP contribution is 2.36. The van der Waals surface area contributed by atoms with Gasteiger partial charge in [-0.05, 0) is 48.3 Å². The first-order chi connectivity index (χ1) is 17.9. The Labute approximate surface area is 222 Å². The van der Waals surface area contributed by atoms with Crippen molar-refractivity contribution < 1.29 is 28.3 Å². The van der Waals surface area contributed by atoms with Crippen LogP contribution >= 0.6 is 0 Å². The van der Waals surface area contributed by atoms with Crippen molar-refractivity contribution in [3.8, 4) is 5.88 Å². The highest BCUT2D eigenvalue weighted by molar-refractivity contribution is 6.74. The fraction of sp³-hybridized carbons (Fsp3) is 0.462. The summed E-state index contributed by atoms with van der Waals surface area (Å²) in [5.41, 5.74) is 1.38. The molecule has 3 heterocycles. The van der Waals surface area contributed by atoms with Crippen molar-refractivity contribution in [3.63, 3.8) is 0 Å². The van der Waals surface area contributed by atoms with E-state index >= 15 is 0 Å². The summed E-state index contributed by atoms with van der Waals surface area (Å²) in [6.45, 7) is 11.8. The minimum absolute atomic E-state index is 0.0829. The van der Waals surface area contributed by atoms with E-state index in [1.165, 1.54) is 11.1 Å². The Hall–Kier alpha value is -3.64. The number of anilines is 1. The van der Waals surface area contributed by atoms with E-state index in [0.29, 0.717) is 35.8 Å². The van der Waals surface area contributed by atoms with Gasteiger partial charge in [-0.15, -0.1) is 0 Å². The number of carbonyl (C=O) groups is 4. The van der Waals surface area contributed by atoms with Crippen LogP contribution in [-0.2, 0) is 20.6 Å². The minimum atomic E-state index is -1.87. The molecule has 1 saturated heterocycles. The van der Waals surface area contributed by atoms with Crippen molar-refractivity contribution in [2.24, 2.45) is 0 Å². The molecule has 1 unspecified atom stereocenters. The number of amides is 4. The SMILES string of the molecule is CC(C)(C)[Si](C)(C)OCCOc1ccnc(NC(=O)c2ccc3c(c2)CN(C2CCC(=O)NC2=O)C3=O)n1. The van der Waals surface area contributed by atoms with Gasteiger partial charge < -0.3 is 14.1 Å². The second kappa shape index (κ2) is 10.6. The second-order valence-electron chi connectivity index (χ2n) is 10.9. The van der Waals surface area contributed by atoms with Gasteiger partial charge in [0, 0.05) is 36.4 Å². The average Bonchev–Trinajstić information content (AvgIpc) is 3.17. The van der Waals surface area contributed by atoms with Crippen LogP contribution in [0.2, 0.25) is 18.1 Å². The number of nitrogens with one attached hydrogen (secondary N) is 2. The normalized spacial score (nSPS) is 17.8. The van der Waals surface area contributed by atoms with Gasteiger partial charge in [-0.2, -0.15) is 4.98 Å². The van der Waals surface area contributed by atoms with E-state index in [9.17, 15) is 19.2 Å². The molecule has 4 rings (SSSR count). The third kappa shape index (κ3) is 5.91. The molecule has 0 radical (unpaired) electrons. The summed E-state index contributed by atoms with van der Waals surface area (Å²) in [6, 6.07) is 5.62. The first-order valence-electron chi connectivity index (χ1n) is 12.5. The van der Waals surface area contributed by atoms with E-state index in [2.05, 4.69) is 54.5 Å². The predicted molar refractivity (Wildman–Crippen MR) is 141 cm³/mol. The molecule has 38 heavy (non-hydrogen) atoms. The number of benzene rings is 1. The lowest BCUT2D eigenvalue weighted by Gasteiger charge is -2.36. The van der Waals surface area contributed by atoms with Crippen molar-refractivity contribution in [3.05, 3.63) is 47.2 Å². The molecule has 1 aromatic carbocycles. The van der Waals surface area contributed by atoms with Crippen molar-refractivity contribution in [2.45, 2.75) is 64.3 Å². The topological polar surface area (TPSA) is 140 Å². The van der Waals surface area contributed by atoms with Crippen LogP contribution in [0, 0.1) is 0 Å². The summed E-state index contributed by atoms with van der Waals surface area (Å²) >= 11 is 0. The maximum Gasteiger partial charge on any atom is 0.258 e. The largest absolute Gasteiger partial charge is 0.475 e. The van der Waals surface area contributed by atoms with E-state index in [-0.39, 0.29) is 42.2 Å². The molecular formula is C26H33N5O6Si. The standard InChI is InChI=1S/C26H33N5O6Si/c1-26(2,3)38(4,5)37-13-12-36-21-10-11-27-25(29-21)30-22(33)16-6-7-18-17(14-16)15-31(24(18)35)19-8-9-20(32)28-23(19)34/h6-7,10-11,14,19H,8-9,12-13,15H2,1-5H3,(H,28,32,34)(H,27,29,30,33). The van der Waals surface area contributed by atoms with Crippen molar-refractivity contribution >= 4 is 37.9 Å². The monoisotopic (exact) mass is 539 g/mol. The summed E-state index contributed by atoms with van der Waals surface area (Å²) in [6.07, 6.45) is 1.94. The molecule has 202 valence electrons. The third-order valence-corrected chi connectivity index (χ3v) is 11.8. The van der Waals surface area contributed by atoms with Crippen LogP contribution in [-0.4, -0.2) is 66.1 Å². The van der Waals surface area contributed by atoms with E-state index in [1.54, 1.807) is 24.3 Å². The lowest BCUT2D eigenvalue weighted by atomic mass is 10.0. The summed E-state index contributed by atoms with van der Waals surface area (Å²) in [4.78, 5) is 59.2. The van der Waals surface area contributed by atoms with Crippen molar-refractivity contribution in [2.75, 3.05) is 18.5 Å². The number of ether oxygens (including phenoxy) is 1. The molecule has 0 saturated carbocycles. The number of imide groups is 1. The molecule has 4 amide bonds. The van der Waals surface area contributed by atoms with Crippen LogP contribution in [0.4, 0.5) is 5.95 Å². The van der Waals surface area contributed by atoms with Gasteiger partial charge in [0.2, 0.25) is 23.6 Å². The average molecular weight is 540 g/mol. The smallest absolute Gasteiger partial charge is 0.258 e. The third-order valence-electron chi connectivity index (χ3n) is 7.24. The number of fused-ring (bicyclic) bond motifs is 1. The molecule has 1 aromatic heterocycles. The fourth-order valence-electron chi connectivity index (χ4n) is 4.03.